The van der Waals surface area contributed by atoms with Gasteiger partial charge in [0.1, 0.15) is 0 Å². The van der Waals surface area contributed by atoms with Crippen molar-refractivity contribution in [3.05, 3.63) is 67.6 Å². The van der Waals surface area contributed by atoms with E-state index in [2.05, 4.69) is 10.6 Å². The molecular formula is C20H20Cl4N2O2. The average Bonchev–Trinajstić information content (AvgIpc) is 2.61. The van der Waals surface area contributed by atoms with Gasteiger partial charge in [0.2, 0.25) is 0 Å². The molecule has 0 aliphatic carbocycles. The minimum absolute atomic E-state index is 0.197. The Labute approximate surface area is 184 Å². The van der Waals surface area contributed by atoms with Crippen molar-refractivity contribution in [3.8, 4) is 0 Å². The average molecular weight is 462 g/mol. The van der Waals surface area contributed by atoms with Crippen molar-refractivity contribution >= 4 is 58.2 Å². The summed E-state index contributed by atoms with van der Waals surface area (Å²) in [5.74, 6) is -0.395. The van der Waals surface area contributed by atoms with Gasteiger partial charge < -0.3 is 10.6 Å². The first-order valence-electron chi connectivity index (χ1n) is 8.84. The van der Waals surface area contributed by atoms with E-state index in [1.54, 1.807) is 36.4 Å². The Balaban J connectivity index is 1.58. The third-order valence-corrected chi connectivity index (χ3v) is 4.80. The van der Waals surface area contributed by atoms with Gasteiger partial charge in [-0.2, -0.15) is 0 Å². The summed E-state index contributed by atoms with van der Waals surface area (Å²) in [5, 5.41) is 7.41. The Morgan fingerprint density at radius 2 is 0.893 bits per heavy atom. The van der Waals surface area contributed by atoms with E-state index in [1.165, 1.54) is 0 Å². The summed E-state index contributed by atoms with van der Waals surface area (Å²) in [6.45, 7) is 1.13. The lowest BCUT2D eigenvalue weighted by Gasteiger charge is -2.07. The van der Waals surface area contributed by atoms with Crippen LogP contribution in [0.25, 0.3) is 0 Å². The summed E-state index contributed by atoms with van der Waals surface area (Å²) in [6, 6.07) is 9.49. The van der Waals surface area contributed by atoms with E-state index in [9.17, 15) is 9.59 Å². The van der Waals surface area contributed by atoms with Crippen LogP contribution in [0.15, 0.2) is 36.4 Å². The van der Waals surface area contributed by atoms with E-state index in [-0.39, 0.29) is 11.8 Å². The molecule has 2 N–H and O–H groups in total. The second kappa shape index (κ2) is 11.5. The first kappa shape index (κ1) is 22.8. The number of rotatable bonds is 9. The molecule has 4 nitrogen and oxygen atoms in total. The normalized spacial score (nSPS) is 10.6. The van der Waals surface area contributed by atoms with Crippen molar-refractivity contribution in [2.75, 3.05) is 13.1 Å². The third kappa shape index (κ3) is 7.88. The first-order valence-corrected chi connectivity index (χ1v) is 10.3. The van der Waals surface area contributed by atoms with E-state index < -0.39 is 0 Å². The summed E-state index contributed by atoms with van der Waals surface area (Å²) >= 11 is 23.6. The molecule has 150 valence electrons. The molecule has 0 aliphatic rings. The molecular weight excluding hydrogens is 442 g/mol. The molecule has 0 fully saturated rings. The molecule has 28 heavy (non-hydrogen) atoms. The van der Waals surface area contributed by atoms with E-state index >= 15 is 0 Å². The van der Waals surface area contributed by atoms with Gasteiger partial charge in [0.25, 0.3) is 11.8 Å². The van der Waals surface area contributed by atoms with Gasteiger partial charge in [0, 0.05) is 44.3 Å². The van der Waals surface area contributed by atoms with Crippen molar-refractivity contribution in [3.63, 3.8) is 0 Å². The lowest BCUT2D eigenvalue weighted by atomic mass is 10.1. The lowest BCUT2D eigenvalue weighted by Crippen LogP contribution is -2.25. The van der Waals surface area contributed by atoms with Gasteiger partial charge in [-0.05, 0) is 49.2 Å². The predicted molar refractivity (Wildman–Crippen MR) is 116 cm³/mol. The molecule has 8 heteroatoms. The molecule has 0 aliphatic heterocycles. The van der Waals surface area contributed by atoms with Crippen LogP contribution in [0, 0.1) is 0 Å². The summed E-state index contributed by atoms with van der Waals surface area (Å²) < 4.78 is 0. The highest BCUT2D eigenvalue weighted by molar-refractivity contribution is 6.35. The highest BCUT2D eigenvalue weighted by Crippen LogP contribution is 2.20. The zero-order chi connectivity index (χ0) is 20.5. The number of hydrogen-bond acceptors (Lipinski definition) is 2. The molecule has 2 amide bonds. The van der Waals surface area contributed by atoms with E-state index in [0.29, 0.717) is 44.3 Å². The summed E-state index contributed by atoms with van der Waals surface area (Å²) in [6.07, 6.45) is 3.57. The molecule has 0 unspecified atom stereocenters. The maximum atomic E-state index is 12.0. The van der Waals surface area contributed by atoms with Gasteiger partial charge in [-0.1, -0.05) is 59.2 Å². The molecule has 2 aromatic carbocycles. The smallest absolute Gasteiger partial charge is 0.251 e. The number of carbonyl (C=O) groups excluding carboxylic acids is 2. The fourth-order valence-corrected chi connectivity index (χ4v) is 3.63. The molecule has 0 atom stereocenters. The van der Waals surface area contributed by atoms with Crippen molar-refractivity contribution in [2.45, 2.75) is 25.7 Å². The fraction of sp³-hybridized carbons (Fsp3) is 0.300. The Hall–Kier alpha value is -1.46. The summed E-state index contributed by atoms with van der Waals surface area (Å²) in [4.78, 5) is 24.1. The number of amides is 2. The van der Waals surface area contributed by atoms with Gasteiger partial charge in [-0.3, -0.25) is 9.59 Å². The molecule has 0 radical (unpaired) electrons. The topological polar surface area (TPSA) is 58.2 Å². The number of hydrogen-bond donors (Lipinski definition) is 2. The van der Waals surface area contributed by atoms with Crippen molar-refractivity contribution in [2.24, 2.45) is 0 Å². The molecule has 2 aromatic rings. The van der Waals surface area contributed by atoms with Crippen LogP contribution in [0.1, 0.15) is 46.4 Å². The lowest BCUT2D eigenvalue weighted by molar-refractivity contribution is 0.0943. The zero-order valence-corrected chi connectivity index (χ0v) is 18.1. The Morgan fingerprint density at radius 1 is 0.571 bits per heavy atom. The molecule has 0 saturated heterocycles. The summed E-state index contributed by atoms with van der Waals surface area (Å²) in [7, 11) is 0. The third-order valence-electron chi connectivity index (χ3n) is 3.92. The Bertz CT molecular complexity index is 733. The standard InChI is InChI=1S/C20H20Cl4N2O2/c21-15-7-13(8-16(22)11-15)19(27)25-5-3-1-2-4-6-26-20(28)14-9-17(23)12-18(24)10-14/h7-12H,1-6H2,(H,25,27)(H,26,28). The molecule has 0 bridgehead atoms. The number of carbonyl (C=O) groups is 2. The second-order valence-electron chi connectivity index (χ2n) is 6.24. The maximum Gasteiger partial charge on any atom is 0.251 e. The SMILES string of the molecule is O=C(NCCCCCCNC(=O)c1cc(Cl)cc(Cl)c1)c1cc(Cl)cc(Cl)c1. The number of unbranched alkanes of at least 4 members (excludes halogenated alkanes) is 3. The van der Waals surface area contributed by atoms with Crippen LogP contribution in [0.5, 0.6) is 0 Å². The highest BCUT2D eigenvalue weighted by Gasteiger charge is 2.08. The number of benzene rings is 2. The minimum atomic E-state index is -0.197. The van der Waals surface area contributed by atoms with Gasteiger partial charge in [0.05, 0.1) is 0 Å². The molecule has 2 rings (SSSR count). The van der Waals surface area contributed by atoms with Crippen LogP contribution in [0.2, 0.25) is 20.1 Å². The monoisotopic (exact) mass is 460 g/mol. The Kier molecular flexibility index (Phi) is 9.39. The van der Waals surface area contributed by atoms with E-state index in [1.807, 2.05) is 0 Å². The van der Waals surface area contributed by atoms with Crippen molar-refractivity contribution in [1.29, 1.82) is 0 Å². The highest BCUT2D eigenvalue weighted by atomic mass is 35.5. The van der Waals surface area contributed by atoms with Crippen LogP contribution < -0.4 is 10.6 Å². The zero-order valence-electron chi connectivity index (χ0n) is 15.0. The molecule has 0 saturated carbocycles. The van der Waals surface area contributed by atoms with Crippen molar-refractivity contribution in [1.82, 2.24) is 10.6 Å². The fourth-order valence-electron chi connectivity index (χ4n) is 2.58. The van der Waals surface area contributed by atoms with Crippen LogP contribution in [0.4, 0.5) is 0 Å². The second-order valence-corrected chi connectivity index (χ2v) is 7.99. The van der Waals surface area contributed by atoms with Crippen LogP contribution >= 0.6 is 46.4 Å². The van der Waals surface area contributed by atoms with E-state index in [4.69, 9.17) is 46.4 Å². The van der Waals surface area contributed by atoms with Gasteiger partial charge in [-0.15, -0.1) is 0 Å². The van der Waals surface area contributed by atoms with Crippen LogP contribution in [-0.2, 0) is 0 Å². The molecule has 0 spiro atoms. The predicted octanol–water partition coefficient (Wildman–Crippen LogP) is 6.02. The van der Waals surface area contributed by atoms with Crippen LogP contribution in [-0.4, -0.2) is 24.9 Å². The molecule has 0 aromatic heterocycles. The minimum Gasteiger partial charge on any atom is -0.352 e. The van der Waals surface area contributed by atoms with Crippen molar-refractivity contribution < 1.29 is 9.59 Å². The molecule has 0 heterocycles. The maximum absolute atomic E-state index is 12.0. The largest absolute Gasteiger partial charge is 0.352 e. The summed E-state index contributed by atoms with van der Waals surface area (Å²) in [5.41, 5.74) is 0.891. The van der Waals surface area contributed by atoms with Crippen LogP contribution in [0.3, 0.4) is 0 Å². The number of halogens is 4. The Morgan fingerprint density at radius 3 is 1.21 bits per heavy atom. The first-order chi connectivity index (χ1) is 13.3. The van der Waals surface area contributed by atoms with Gasteiger partial charge in [-0.25, -0.2) is 0 Å². The van der Waals surface area contributed by atoms with E-state index in [0.717, 1.165) is 25.7 Å². The van der Waals surface area contributed by atoms with Gasteiger partial charge >= 0.3 is 0 Å². The van der Waals surface area contributed by atoms with Gasteiger partial charge in [0.15, 0.2) is 0 Å². The quantitative estimate of drug-likeness (QED) is 0.448. The number of nitrogens with one attached hydrogen (secondary N) is 2.